The number of aryl methyl sites for hydroxylation is 1. The van der Waals surface area contributed by atoms with E-state index in [1.807, 2.05) is 0 Å². The summed E-state index contributed by atoms with van der Waals surface area (Å²) in [5.41, 5.74) is 2.18. The minimum absolute atomic E-state index is 0.179. The fraction of sp³-hybridized carbons (Fsp3) is 0.650. The van der Waals surface area contributed by atoms with Gasteiger partial charge in [0.05, 0.1) is 12.7 Å². The molecule has 3 rings (SSSR count). The molecule has 1 aromatic carbocycles. The van der Waals surface area contributed by atoms with Crippen molar-refractivity contribution >= 4 is 11.7 Å². The van der Waals surface area contributed by atoms with Crippen LogP contribution in [0.4, 0.5) is 5.69 Å². The van der Waals surface area contributed by atoms with E-state index in [0.29, 0.717) is 6.61 Å². The van der Waals surface area contributed by atoms with Crippen molar-refractivity contribution in [3.8, 4) is 0 Å². The first kappa shape index (κ1) is 18.2. The Morgan fingerprint density at radius 1 is 1.36 bits per heavy atom. The number of ether oxygens (including phenoxy) is 3. The van der Waals surface area contributed by atoms with Gasteiger partial charge in [0.2, 0.25) is 0 Å². The molecule has 2 fully saturated rings. The molecule has 0 aliphatic carbocycles. The van der Waals surface area contributed by atoms with E-state index < -0.39 is 0 Å². The third-order valence-corrected chi connectivity index (χ3v) is 5.08. The molecule has 138 valence electrons. The van der Waals surface area contributed by atoms with Crippen LogP contribution in [-0.2, 0) is 25.4 Å². The summed E-state index contributed by atoms with van der Waals surface area (Å²) in [6.07, 6.45) is 6.35. The number of hydrogen-bond acceptors (Lipinski definition) is 5. The van der Waals surface area contributed by atoms with E-state index in [1.54, 1.807) is 0 Å². The second-order valence-corrected chi connectivity index (χ2v) is 7.02. The first-order chi connectivity index (χ1) is 12.2. The van der Waals surface area contributed by atoms with E-state index in [2.05, 4.69) is 29.6 Å². The highest BCUT2D eigenvalue weighted by Crippen LogP contribution is 2.36. The van der Waals surface area contributed by atoms with Crippen molar-refractivity contribution in [2.45, 2.75) is 57.2 Å². The maximum Gasteiger partial charge on any atom is 0.302 e. The van der Waals surface area contributed by atoms with Crippen LogP contribution in [0.1, 0.15) is 44.6 Å². The van der Waals surface area contributed by atoms with Gasteiger partial charge in [-0.2, -0.15) is 0 Å². The van der Waals surface area contributed by atoms with Gasteiger partial charge in [0.1, 0.15) is 5.60 Å². The SMILES string of the molecule is CC(=O)OCCCc1cccc(NCC2(C3CCCO3)CCCO2)c1. The molecule has 2 aliphatic rings. The van der Waals surface area contributed by atoms with Crippen LogP contribution in [0.2, 0.25) is 0 Å². The quantitative estimate of drug-likeness (QED) is 0.577. The molecule has 1 N–H and O–H groups in total. The van der Waals surface area contributed by atoms with Gasteiger partial charge in [-0.05, 0) is 56.2 Å². The van der Waals surface area contributed by atoms with Gasteiger partial charge in [0.25, 0.3) is 0 Å². The Morgan fingerprint density at radius 2 is 2.28 bits per heavy atom. The average Bonchev–Trinajstić information content (AvgIpc) is 3.29. The standard InChI is InChI=1S/C20H29NO4/c1-16(22)23-11-3-7-17-6-2-8-18(14-17)21-15-20(10-5-13-25-20)19-9-4-12-24-19/h2,6,8,14,19,21H,3-5,7,9-13,15H2,1H3. The van der Waals surface area contributed by atoms with Gasteiger partial charge in [-0.15, -0.1) is 0 Å². The average molecular weight is 347 g/mol. The molecule has 0 aromatic heterocycles. The third kappa shape index (κ3) is 4.95. The van der Waals surface area contributed by atoms with Crippen molar-refractivity contribution in [3.05, 3.63) is 29.8 Å². The van der Waals surface area contributed by atoms with Gasteiger partial charge < -0.3 is 19.5 Å². The Morgan fingerprint density at radius 3 is 3.00 bits per heavy atom. The van der Waals surface area contributed by atoms with E-state index in [-0.39, 0.29) is 17.7 Å². The number of hydrogen-bond donors (Lipinski definition) is 1. The lowest BCUT2D eigenvalue weighted by molar-refractivity contribution is -0.141. The van der Waals surface area contributed by atoms with Crippen LogP contribution in [0.25, 0.3) is 0 Å². The van der Waals surface area contributed by atoms with Gasteiger partial charge in [-0.3, -0.25) is 4.79 Å². The molecule has 2 heterocycles. The molecule has 25 heavy (non-hydrogen) atoms. The normalized spacial score (nSPS) is 25.9. The maximum atomic E-state index is 10.8. The van der Waals surface area contributed by atoms with Crippen molar-refractivity contribution in [1.82, 2.24) is 0 Å². The lowest BCUT2D eigenvalue weighted by atomic mass is 9.91. The minimum atomic E-state index is -0.216. The molecule has 2 atom stereocenters. The highest BCUT2D eigenvalue weighted by Gasteiger charge is 2.44. The summed E-state index contributed by atoms with van der Waals surface area (Å²) in [7, 11) is 0. The molecule has 5 heteroatoms. The second kappa shape index (κ2) is 8.68. The lowest BCUT2D eigenvalue weighted by Crippen LogP contribution is -2.47. The van der Waals surface area contributed by atoms with E-state index >= 15 is 0 Å². The van der Waals surface area contributed by atoms with Gasteiger partial charge in [-0.1, -0.05) is 12.1 Å². The Kier molecular flexibility index (Phi) is 6.32. The number of anilines is 1. The zero-order valence-electron chi connectivity index (χ0n) is 15.1. The van der Waals surface area contributed by atoms with Crippen LogP contribution in [0.5, 0.6) is 0 Å². The van der Waals surface area contributed by atoms with E-state index in [9.17, 15) is 4.79 Å². The number of carbonyl (C=O) groups excluding carboxylic acids is 1. The van der Waals surface area contributed by atoms with Gasteiger partial charge in [0.15, 0.2) is 0 Å². The molecular weight excluding hydrogens is 318 g/mol. The van der Waals surface area contributed by atoms with Gasteiger partial charge in [-0.25, -0.2) is 0 Å². The van der Waals surface area contributed by atoms with Crippen LogP contribution < -0.4 is 5.32 Å². The van der Waals surface area contributed by atoms with Crippen molar-refractivity contribution in [2.24, 2.45) is 0 Å². The van der Waals surface area contributed by atoms with Crippen molar-refractivity contribution < 1.29 is 19.0 Å². The number of carbonyl (C=O) groups is 1. The van der Waals surface area contributed by atoms with Crippen molar-refractivity contribution in [2.75, 3.05) is 31.7 Å². The molecule has 5 nitrogen and oxygen atoms in total. The summed E-state index contributed by atoms with van der Waals surface area (Å²) in [6, 6.07) is 8.44. The summed E-state index contributed by atoms with van der Waals surface area (Å²) < 4.78 is 17.1. The summed E-state index contributed by atoms with van der Waals surface area (Å²) >= 11 is 0. The maximum absolute atomic E-state index is 10.8. The summed E-state index contributed by atoms with van der Waals surface area (Å²) in [6.45, 7) is 4.39. The van der Waals surface area contributed by atoms with Crippen LogP contribution in [-0.4, -0.2) is 44.0 Å². The molecule has 0 amide bonds. The lowest BCUT2D eigenvalue weighted by Gasteiger charge is -2.34. The summed E-state index contributed by atoms with van der Waals surface area (Å²) in [5.74, 6) is -0.216. The highest BCUT2D eigenvalue weighted by atomic mass is 16.6. The summed E-state index contributed by atoms with van der Waals surface area (Å²) in [5, 5.41) is 3.56. The topological polar surface area (TPSA) is 56.8 Å². The number of nitrogens with one attached hydrogen (secondary N) is 1. The Bertz CT molecular complexity index is 563. The van der Waals surface area contributed by atoms with Crippen LogP contribution in [0, 0.1) is 0 Å². The number of rotatable bonds is 8. The molecule has 0 spiro atoms. The molecule has 2 saturated heterocycles. The fourth-order valence-corrected chi connectivity index (χ4v) is 3.80. The number of esters is 1. The first-order valence-corrected chi connectivity index (χ1v) is 9.40. The molecule has 2 unspecified atom stereocenters. The largest absolute Gasteiger partial charge is 0.466 e. The third-order valence-electron chi connectivity index (χ3n) is 5.08. The van der Waals surface area contributed by atoms with Gasteiger partial charge in [0, 0.05) is 32.4 Å². The zero-order valence-corrected chi connectivity index (χ0v) is 15.1. The van der Waals surface area contributed by atoms with Crippen LogP contribution in [0.15, 0.2) is 24.3 Å². The van der Waals surface area contributed by atoms with E-state index in [0.717, 1.165) is 64.0 Å². The molecule has 0 radical (unpaired) electrons. The smallest absolute Gasteiger partial charge is 0.302 e. The zero-order chi connectivity index (χ0) is 17.5. The van der Waals surface area contributed by atoms with Crippen LogP contribution in [0.3, 0.4) is 0 Å². The monoisotopic (exact) mass is 347 g/mol. The van der Waals surface area contributed by atoms with Crippen molar-refractivity contribution in [1.29, 1.82) is 0 Å². The molecule has 0 saturated carbocycles. The molecule has 0 bridgehead atoms. The molecule has 1 aromatic rings. The predicted molar refractivity (Wildman–Crippen MR) is 96.8 cm³/mol. The highest BCUT2D eigenvalue weighted by molar-refractivity contribution is 5.65. The molecular formula is C20H29NO4. The van der Waals surface area contributed by atoms with E-state index in [1.165, 1.54) is 12.5 Å². The Balaban J connectivity index is 1.53. The van der Waals surface area contributed by atoms with Crippen molar-refractivity contribution in [3.63, 3.8) is 0 Å². The number of benzene rings is 1. The van der Waals surface area contributed by atoms with Crippen LogP contribution >= 0.6 is 0 Å². The second-order valence-electron chi connectivity index (χ2n) is 7.02. The fourth-order valence-electron chi connectivity index (χ4n) is 3.80. The Hall–Kier alpha value is -1.59. The Labute approximate surface area is 150 Å². The predicted octanol–water partition coefficient (Wildman–Crippen LogP) is 3.32. The first-order valence-electron chi connectivity index (χ1n) is 9.40. The summed E-state index contributed by atoms with van der Waals surface area (Å²) in [4.78, 5) is 10.8. The molecule has 2 aliphatic heterocycles. The van der Waals surface area contributed by atoms with E-state index in [4.69, 9.17) is 14.2 Å². The van der Waals surface area contributed by atoms with Gasteiger partial charge >= 0.3 is 5.97 Å². The minimum Gasteiger partial charge on any atom is -0.466 e.